The van der Waals surface area contributed by atoms with Crippen LogP contribution in [0.2, 0.25) is 0 Å². The number of nitrogens with one attached hydrogen (secondary N) is 3. The lowest BCUT2D eigenvalue weighted by Gasteiger charge is -2.22. The molecule has 7 nitrogen and oxygen atoms in total. The van der Waals surface area contributed by atoms with Crippen LogP contribution in [0, 0.1) is 0 Å². The highest BCUT2D eigenvalue weighted by Crippen LogP contribution is 2.30. The SMILES string of the molecule is O=C(CCNC(=O)NC1CCCCC1)NCc1ccc2c(c1)OCCO2. The molecule has 26 heavy (non-hydrogen) atoms. The fourth-order valence-corrected chi connectivity index (χ4v) is 3.26. The van der Waals surface area contributed by atoms with Crippen LogP contribution < -0.4 is 25.4 Å². The average molecular weight is 361 g/mol. The molecule has 142 valence electrons. The summed E-state index contributed by atoms with van der Waals surface area (Å²) in [6.45, 7) is 1.84. The summed E-state index contributed by atoms with van der Waals surface area (Å²) in [6.07, 6.45) is 5.94. The molecule has 0 bridgehead atoms. The van der Waals surface area contributed by atoms with Crippen LogP contribution in [0.3, 0.4) is 0 Å². The lowest BCUT2D eigenvalue weighted by atomic mass is 9.96. The normalized spacial score (nSPS) is 16.6. The zero-order valence-corrected chi connectivity index (χ0v) is 15.0. The number of carbonyl (C=O) groups excluding carboxylic acids is 2. The zero-order chi connectivity index (χ0) is 18.2. The topological polar surface area (TPSA) is 88.7 Å². The smallest absolute Gasteiger partial charge is 0.315 e. The summed E-state index contributed by atoms with van der Waals surface area (Å²) in [7, 11) is 0. The highest BCUT2D eigenvalue weighted by molar-refractivity contribution is 5.78. The zero-order valence-electron chi connectivity index (χ0n) is 15.0. The molecular weight excluding hydrogens is 334 g/mol. The molecule has 1 aromatic carbocycles. The first-order chi connectivity index (χ1) is 12.7. The van der Waals surface area contributed by atoms with E-state index in [1.54, 1.807) is 0 Å². The van der Waals surface area contributed by atoms with E-state index in [0.29, 0.717) is 32.1 Å². The van der Waals surface area contributed by atoms with Crippen molar-refractivity contribution < 1.29 is 19.1 Å². The molecule has 0 unspecified atom stereocenters. The van der Waals surface area contributed by atoms with Gasteiger partial charge in [-0.25, -0.2) is 4.79 Å². The molecule has 1 saturated carbocycles. The van der Waals surface area contributed by atoms with Gasteiger partial charge in [0.05, 0.1) is 0 Å². The van der Waals surface area contributed by atoms with Crippen LogP contribution in [0.1, 0.15) is 44.1 Å². The summed E-state index contributed by atoms with van der Waals surface area (Å²) in [6, 6.07) is 5.73. The van der Waals surface area contributed by atoms with E-state index in [-0.39, 0.29) is 24.4 Å². The minimum absolute atomic E-state index is 0.0992. The highest BCUT2D eigenvalue weighted by Gasteiger charge is 2.15. The van der Waals surface area contributed by atoms with E-state index in [1.165, 1.54) is 19.3 Å². The van der Waals surface area contributed by atoms with Crippen molar-refractivity contribution in [2.24, 2.45) is 0 Å². The Labute approximate surface area is 153 Å². The van der Waals surface area contributed by atoms with Gasteiger partial charge in [-0.05, 0) is 30.5 Å². The molecule has 1 fully saturated rings. The maximum absolute atomic E-state index is 11.9. The number of hydrogen-bond acceptors (Lipinski definition) is 4. The van der Waals surface area contributed by atoms with Crippen LogP contribution in [-0.4, -0.2) is 37.7 Å². The Morgan fingerprint density at radius 1 is 1.00 bits per heavy atom. The Hall–Kier alpha value is -2.44. The summed E-state index contributed by atoms with van der Waals surface area (Å²) in [5, 5.41) is 8.58. The van der Waals surface area contributed by atoms with E-state index in [1.807, 2.05) is 18.2 Å². The third kappa shape index (κ3) is 5.54. The van der Waals surface area contributed by atoms with Crippen LogP contribution in [0.25, 0.3) is 0 Å². The summed E-state index contributed by atoms with van der Waals surface area (Å²) < 4.78 is 11.0. The van der Waals surface area contributed by atoms with Gasteiger partial charge < -0.3 is 25.4 Å². The minimum atomic E-state index is -0.184. The molecule has 0 saturated heterocycles. The van der Waals surface area contributed by atoms with Crippen molar-refractivity contribution in [3.05, 3.63) is 23.8 Å². The molecule has 2 aliphatic rings. The number of hydrogen-bond donors (Lipinski definition) is 3. The number of rotatable bonds is 6. The first-order valence-electron chi connectivity index (χ1n) is 9.40. The molecule has 3 N–H and O–H groups in total. The molecule has 3 rings (SSSR count). The molecule has 0 spiro atoms. The van der Waals surface area contributed by atoms with Gasteiger partial charge in [-0.2, -0.15) is 0 Å². The fraction of sp³-hybridized carbons (Fsp3) is 0.579. The number of benzene rings is 1. The quantitative estimate of drug-likeness (QED) is 0.724. The van der Waals surface area contributed by atoms with Gasteiger partial charge in [-0.3, -0.25) is 4.79 Å². The predicted molar refractivity (Wildman–Crippen MR) is 97.3 cm³/mol. The summed E-state index contributed by atoms with van der Waals surface area (Å²) in [4.78, 5) is 23.8. The van der Waals surface area contributed by atoms with E-state index in [0.717, 1.165) is 24.2 Å². The van der Waals surface area contributed by atoms with Crippen molar-refractivity contribution in [1.29, 1.82) is 0 Å². The molecule has 3 amide bonds. The van der Waals surface area contributed by atoms with E-state index in [2.05, 4.69) is 16.0 Å². The average Bonchev–Trinajstić information content (AvgIpc) is 2.67. The second-order valence-corrected chi connectivity index (χ2v) is 6.74. The Morgan fingerprint density at radius 2 is 1.77 bits per heavy atom. The van der Waals surface area contributed by atoms with Crippen LogP contribution in [0.4, 0.5) is 4.79 Å². The van der Waals surface area contributed by atoms with E-state index in [9.17, 15) is 9.59 Å². The first kappa shape index (κ1) is 18.4. The van der Waals surface area contributed by atoms with Gasteiger partial charge in [0.2, 0.25) is 5.91 Å². The van der Waals surface area contributed by atoms with E-state index in [4.69, 9.17) is 9.47 Å². The van der Waals surface area contributed by atoms with Crippen molar-refractivity contribution in [3.63, 3.8) is 0 Å². The van der Waals surface area contributed by atoms with Crippen molar-refractivity contribution in [3.8, 4) is 11.5 Å². The number of urea groups is 1. The molecule has 1 aliphatic heterocycles. The summed E-state index contributed by atoms with van der Waals surface area (Å²) in [5.74, 6) is 1.35. The Morgan fingerprint density at radius 3 is 2.58 bits per heavy atom. The molecular formula is C19H27N3O4. The van der Waals surface area contributed by atoms with Gasteiger partial charge >= 0.3 is 6.03 Å². The lowest BCUT2D eigenvalue weighted by molar-refractivity contribution is -0.121. The van der Waals surface area contributed by atoms with E-state index >= 15 is 0 Å². The van der Waals surface area contributed by atoms with Crippen LogP contribution >= 0.6 is 0 Å². The van der Waals surface area contributed by atoms with Gasteiger partial charge in [-0.1, -0.05) is 25.3 Å². The van der Waals surface area contributed by atoms with Crippen molar-refractivity contribution in [2.75, 3.05) is 19.8 Å². The second-order valence-electron chi connectivity index (χ2n) is 6.74. The van der Waals surface area contributed by atoms with Crippen LogP contribution in [0.15, 0.2) is 18.2 Å². The third-order valence-corrected chi connectivity index (χ3v) is 4.67. The number of carbonyl (C=O) groups is 2. The van der Waals surface area contributed by atoms with Gasteiger partial charge in [0.25, 0.3) is 0 Å². The molecule has 0 aromatic heterocycles. The molecule has 7 heteroatoms. The van der Waals surface area contributed by atoms with Crippen LogP contribution in [0.5, 0.6) is 11.5 Å². The predicted octanol–water partition coefficient (Wildman–Crippen LogP) is 2.10. The Balaban J connectivity index is 1.32. The lowest BCUT2D eigenvalue weighted by Crippen LogP contribution is -2.43. The van der Waals surface area contributed by atoms with Gasteiger partial charge in [0.1, 0.15) is 13.2 Å². The minimum Gasteiger partial charge on any atom is -0.486 e. The number of ether oxygens (including phenoxy) is 2. The number of fused-ring (bicyclic) bond motifs is 1. The number of amides is 3. The first-order valence-corrected chi connectivity index (χ1v) is 9.40. The Bertz CT molecular complexity index is 629. The fourth-order valence-electron chi connectivity index (χ4n) is 3.26. The van der Waals surface area contributed by atoms with Gasteiger partial charge in [-0.15, -0.1) is 0 Å². The van der Waals surface area contributed by atoms with E-state index < -0.39 is 0 Å². The summed E-state index contributed by atoms with van der Waals surface area (Å²) >= 11 is 0. The van der Waals surface area contributed by atoms with Crippen LogP contribution in [-0.2, 0) is 11.3 Å². The maximum atomic E-state index is 11.9. The van der Waals surface area contributed by atoms with Crippen molar-refractivity contribution in [1.82, 2.24) is 16.0 Å². The molecule has 0 radical (unpaired) electrons. The molecule has 0 atom stereocenters. The Kier molecular flexibility index (Phi) is 6.57. The third-order valence-electron chi connectivity index (χ3n) is 4.67. The standard InChI is InChI=1S/C19H27N3O4/c23-18(8-9-20-19(24)22-15-4-2-1-3-5-15)21-13-14-6-7-16-17(12-14)26-11-10-25-16/h6-7,12,15H,1-5,8-11,13H2,(H,21,23)(H2,20,22,24). The van der Waals surface area contributed by atoms with Crippen molar-refractivity contribution in [2.45, 2.75) is 51.1 Å². The summed E-state index contributed by atoms with van der Waals surface area (Å²) in [5.41, 5.74) is 0.950. The largest absolute Gasteiger partial charge is 0.486 e. The van der Waals surface area contributed by atoms with Crippen molar-refractivity contribution >= 4 is 11.9 Å². The maximum Gasteiger partial charge on any atom is 0.315 e. The molecule has 1 aliphatic carbocycles. The van der Waals surface area contributed by atoms with Gasteiger partial charge in [0.15, 0.2) is 11.5 Å². The second kappa shape index (κ2) is 9.31. The van der Waals surface area contributed by atoms with Gasteiger partial charge in [0, 0.05) is 25.6 Å². The highest BCUT2D eigenvalue weighted by atomic mass is 16.6. The molecule has 1 aromatic rings. The monoisotopic (exact) mass is 361 g/mol. The molecule has 1 heterocycles.